The summed E-state index contributed by atoms with van der Waals surface area (Å²) in [6.07, 6.45) is 1.61. The highest BCUT2D eigenvalue weighted by molar-refractivity contribution is 6.06. The van der Waals surface area contributed by atoms with Crippen molar-refractivity contribution in [3.63, 3.8) is 0 Å². The molecule has 2 aromatic heterocycles. The fourth-order valence-corrected chi connectivity index (χ4v) is 4.52. The Hall–Kier alpha value is -4.61. The van der Waals surface area contributed by atoms with Crippen LogP contribution in [-0.2, 0) is 12.6 Å². The highest BCUT2D eigenvalue weighted by Crippen LogP contribution is 2.37. The van der Waals surface area contributed by atoms with Crippen LogP contribution in [0.1, 0.15) is 47.9 Å². The molecular formula is C29H26F4N6O2. The number of alkyl halides is 3. The Balaban J connectivity index is 1.44. The minimum atomic E-state index is -4.59. The number of anilines is 2. The molecule has 8 nitrogen and oxygen atoms in total. The van der Waals surface area contributed by atoms with Crippen LogP contribution in [0.15, 0.2) is 61.1 Å². The number of nitrogens with one attached hydrogen (secondary N) is 1. The van der Waals surface area contributed by atoms with Gasteiger partial charge in [0, 0.05) is 31.3 Å². The average molecular weight is 567 g/mol. The molecule has 1 saturated heterocycles. The fourth-order valence-electron chi connectivity index (χ4n) is 4.52. The molecule has 3 heterocycles. The molecule has 1 aliphatic heterocycles. The van der Waals surface area contributed by atoms with Crippen LogP contribution < -0.4 is 15.0 Å². The first kappa shape index (κ1) is 27.9. The van der Waals surface area contributed by atoms with Crippen molar-refractivity contribution in [2.24, 2.45) is 0 Å². The SMILES string of the molecule is CCc1ncnc(-c2cccnc2Oc2cc(C(=O)Nc3cc(C(F)(F)F)ccc3N3CCCCC3)ccc2F)n1. The van der Waals surface area contributed by atoms with Gasteiger partial charge in [0.1, 0.15) is 12.2 Å². The van der Waals surface area contributed by atoms with Crippen LogP contribution in [0.3, 0.4) is 0 Å². The Morgan fingerprint density at radius 1 is 1.02 bits per heavy atom. The molecule has 0 unspecified atom stereocenters. The molecule has 0 bridgehead atoms. The van der Waals surface area contributed by atoms with Crippen LogP contribution in [-0.4, -0.2) is 38.9 Å². The third kappa shape index (κ3) is 6.42. The maximum atomic E-state index is 14.8. The largest absolute Gasteiger partial charge is 0.435 e. The van der Waals surface area contributed by atoms with Crippen molar-refractivity contribution in [1.29, 1.82) is 0 Å². The molecule has 41 heavy (non-hydrogen) atoms. The fraction of sp³-hybridized carbons (Fsp3) is 0.276. The van der Waals surface area contributed by atoms with Crippen LogP contribution in [0.2, 0.25) is 0 Å². The molecular weight excluding hydrogens is 540 g/mol. The van der Waals surface area contributed by atoms with Gasteiger partial charge in [-0.15, -0.1) is 0 Å². The lowest BCUT2D eigenvalue weighted by atomic mass is 10.1. The third-order valence-corrected chi connectivity index (χ3v) is 6.62. The zero-order chi connectivity index (χ0) is 29.0. The Kier molecular flexibility index (Phi) is 8.09. The molecule has 0 atom stereocenters. The van der Waals surface area contributed by atoms with Crippen molar-refractivity contribution in [3.05, 3.63) is 83.8 Å². The van der Waals surface area contributed by atoms with Crippen molar-refractivity contribution in [2.75, 3.05) is 23.3 Å². The van der Waals surface area contributed by atoms with Crippen LogP contribution in [0.25, 0.3) is 11.4 Å². The van der Waals surface area contributed by atoms with E-state index in [1.165, 1.54) is 30.7 Å². The zero-order valence-electron chi connectivity index (χ0n) is 22.1. The molecule has 4 aromatic rings. The van der Waals surface area contributed by atoms with E-state index in [1.807, 2.05) is 11.8 Å². The van der Waals surface area contributed by atoms with E-state index in [9.17, 15) is 22.4 Å². The number of nitrogens with zero attached hydrogens (tertiary/aromatic N) is 5. The number of hydrogen-bond acceptors (Lipinski definition) is 7. The quantitative estimate of drug-likeness (QED) is 0.249. The maximum absolute atomic E-state index is 14.8. The van der Waals surface area contributed by atoms with Crippen molar-refractivity contribution in [1.82, 2.24) is 19.9 Å². The molecule has 0 aliphatic carbocycles. The van der Waals surface area contributed by atoms with Crippen LogP contribution in [0.4, 0.5) is 28.9 Å². The summed E-state index contributed by atoms with van der Waals surface area (Å²) in [5.74, 6) is -0.961. The minimum Gasteiger partial charge on any atom is -0.435 e. The molecule has 1 N–H and O–H groups in total. The van der Waals surface area contributed by atoms with Crippen molar-refractivity contribution >= 4 is 17.3 Å². The molecule has 0 radical (unpaired) electrons. The number of aryl methyl sites for hydroxylation is 1. The Morgan fingerprint density at radius 3 is 2.59 bits per heavy atom. The van der Waals surface area contributed by atoms with E-state index in [4.69, 9.17) is 4.74 Å². The lowest BCUT2D eigenvalue weighted by Crippen LogP contribution is -2.30. The summed E-state index contributed by atoms with van der Waals surface area (Å²) >= 11 is 0. The summed E-state index contributed by atoms with van der Waals surface area (Å²) in [6, 6.07) is 10.0. The average Bonchev–Trinajstić information content (AvgIpc) is 2.98. The van der Waals surface area contributed by atoms with Gasteiger partial charge >= 0.3 is 6.18 Å². The molecule has 0 spiro atoms. The monoisotopic (exact) mass is 566 g/mol. The number of pyridine rings is 1. The number of piperidine rings is 1. The summed E-state index contributed by atoms with van der Waals surface area (Å²) in [4.78, 5) is 32.0. The number of rotatable bonds is 7. The van der Waals surface area contributed by atoms with Crippen molar-refractivity contribution in [3.8, 4) is 23.0 Å². The number of carbonyl (C=O) groups excluding carboxylic acids is 1. The standard InChI is InChI=1S/C29H26F4N6O2/c1-2-25-35-17-36-26(38-25)20-7-6-12-34-28(20)41-24-15-18(8-10-21(24)30)27(40)37-22-16-19(29(31,32)33)9-11-23(22)39-13-4-3-5-14-39/h6-12,15-17H,2-5,13-14H2,1H3,(H,37,40). The summed E-state index contributed by atoms with van der Waals surface area (Å²) in [7, 11) is 0. The topological polar surface area (TPSA) is 93.1 Å². The number of carbonyl (C=O) groups is 1. The summed E-state index contributed by atoms with van der Waals surface area (Å²) in [5, 5.41) is 2.60. The highest BCUT2D eigenvalue weighted by atomic mass is 19.4. The number of amides is 1. The van der Waals surface area contributed by atoms with E-state index in [1.54, 1.807) is 12.1 Å². The van der Waals surface area contributed by atoms with E-state index in [0.717, 1.165) is 37.5 Å². The van der Waals surface area contributed by atoms with Gasteiger partial charge in [0.15, 0.2) is 17.4 Å². The second-order valence-corrected chi connectivity index (χ2v) is 9.41. The smallest absolute Gasteiger partial charge is 0.416 e. The van der Waals surface area contributed by atoms with Gasteiger partial charge in [0.2, 0.25) is 5.88 Å². The number of ether oxygens (including phenoxy) is 1. The highest BCUT2D eigenvalue weighted by Gasteiger charge is 2.32. The van der Waals surface area contributed by atoms with Crippen LogP contribution in [0, 0.1) is 5.82 Å². The van der Waals surface area contributed by atoms with Crippen molar-refractivity contribution < 1.29 is 27.1 Å². The molecule has 0 saturated carbocycles. The van der Waals surface area contributed by atoms with Gasteiger partial charge in [-0.2, -0.15) is 13.2 Å². The zero-order valence-corrected chi connectivity index (χ0v) is 22.1. The van der Waals surface area contributed by atoms with Gasteiger partial charge in [-0.25, -0.2) is 24.3 Å². The predicted molar refractivity (Wildman–Crippen MR) is 144 cm³/mol. The number of aromatic nitrogens is 4. The molecule has 2 aromatic carbocycles. The number of halogens is 4. The van der Waals surface area contributed by atoms with Gasteiger partial charge in [-0.1, -0.05) is 6.92 Å². The predicted octanol–water partition coefficient (Wildman–Crippen LogP) is 6.69. The molecule has 1 aliphatic rings. The first-order valence-corrected chi connectivity index (χ1v) is 13.1. The van der Waals surface area contributed by atoms with Gasteiger partial charge in [0.25, 0.3) is 5.91 Å². The third-order valence-electron chi connectivity index (χ3n) is 6.62. The second-order valence-electron chi connectivity index (χ2n) is 9.41. The number of benzene rings is 2. The molecule has 5 rings (SSSR count). The van der Waals surface area contributed by atoms with E-state index >= 15 is 0 Å². The molecule has 12 heteroatoms. The first-order chi connectivity index (χ1) is 19.7. The molecule has 1 amide bonds. The molecule has 212 valence electrons. The van der Waals surface area contributed by atoms with E-state index in [-0.39, 0.29) is 28.7 Å². The normalized spacial score (nSPS) is 13.6. The van der Waals surface area contributed by atoms with E-state index in [0.29, 0.717) is 36.6 Å². The summed E-state index contributed by atoms with van der Waals surface area (Å²) < 4.78 is 61.1. The Bertz CT molecular complexity index is 1560. The van der Waals surface area contributed by atoms with Crippen LogP contribution >= 0.6 is 0 Å². The van der Waals surface area contributed by atoms with E-state index < -0.39 is 23.5 Å². The lowest BCUT2D eigenvalue weighted by Gasteiger charge is -2.31. The summed E-state index contributed by atoms with van der Waals surface area (Å²) in [5.41, 5.74) is -0.00843. The van der Waals surface area contributed by atoms with Crippen molar-refractivity contribution in [2.45, 2.75) is 38.8 Å². The first-order valence-electron chi connectivity index (χ1n) is 13.1. The molecule has 1 fully saturated rings. The minimum absolute atomic E-state index is 0.00229. The van der Waals surface area contributed by atoms with Crippen LogP contribution in [0.5, 0.6) is 11.6 Å². The van der Waals surface area contributed by atoms with E-state index in [2.05, 4.69) is 25.3 Å². The van der Waals surface area contributed by atoms with Gasteiger partial charge < -0.3 is 15.0 Å². The number of hydrogen-bond donors (Lipinski definition) is 1. The Morgan fingerprint density at radius 2 is 1.83 bits per heavy atom. The summed E-state index contributed by atoms with van der Waals surface area (Å²) in [6.45, 7) is 3.22. The maximum Gasteiger partial charge on any atom is 0.416 e. The lowest BCUT2D eigenvalue weighted by molar-refractivity contribution is -0.137. The Labute approximate surface area is 233 Å². The van der Waals surface area contributed by atoms with Gasteiger partial charge in [-0.3, -0.25) is 4.79 Å². The van der Waals surface area contributed by atoms with Gasteiger partial charge in [-0.05, 0) is 67.8 Å². The second kappa shape index (κ2) is 11.9. The van der Waals surface area contributed by atoms with Gasteiger partial charge in [0.05, 0.1) is 22.5 Å².